The Kier molecular flexibility index (Phi) is 6.23. The zero-order valence-electron chi connectivity index (χ0n) is 19.4. The number of fused-ring (bicyclic) bond motifs is 1. The summed E-state index contributed by atoms with van der Waals surface area (Å²) < 4.78 is 15.9. The molecule has 0 radical (unpaired) electrons. The van der Waals surface area contributed by atoms with Crippen LogP contribution in [-0.2, 0) is 22.7 Å². The number of nitrogens with one attached hydrogen (secondary N) is 1. The number of carbonyl (C=O) groups is 3. The van der Waals surface area contributed by atoms with E-state index in [1.54, 1.807) is 6.08 Å². The van der Waals surface area contributed by atoms with Gasteiger partial charge in [-0.15, -0.1) is 0 Å². The number of imide groups is 1. The highest BCUT2D eigenvalue weighted by atomic mass is 16.5. The minimum atomic E-state index is -0.636. The standard InChI is InChI=1S/C28H22N2O6/c1-34-27(32)25-14-13-22(36-25)16-30-26(31)24(29-28(30)33)15-18-9-11-21(12-10-18)35-17-20-7-4-6-19-5-2-3-8-23(19)20/h2-15H,16-17H2,1H3,(H,29,33)/b24-15-. The molecule has 8 nitrogen and oxygen atoms in total. The van der Waals surface area contributed by atoms with Gasteiger partial charge in [-0.1, -0.05) is 54.6 Å². The van der Waals surface area contributed by atoms with Crippen LogP contribution < -0.4 is 10.1 Å². The van der Waals surface area contributed by atoms with Gasteiger partial charge in [0.05, 0.1) is 13.7 Å². The zero-order valence-corrected chi connectivity index (χ0v) is 19.4. The monoisotopic (exact) mass is 482 g/mol. The van der Waals surface area contributed by atoms with E-state index in [2.05, 4.69) is 28.3 Å². The third kappa shape index (κ3) is 4.69. The molecule has 4 aromatic rings. The molecule has 1 saturated heterocycles. The fraction of sp³-hybridized carbons (Fsp3) is 0.107. The molecule has 0 unspecified atom stereocenters. The van der Waals surface area contributed by atoms with Crippen LogP contribution >= 0.6 is 0 Å². The fourth-order valence-electron chi connectivity index (χ4n) is 3.95. The van der Waals surface area contributed by atoms with Gasteiger partial charge in [0.2, 0.25) is 5.76 Å². The molecule has 3 aromatic carbocycles. The van der Waals surface area contributed by atoms with Gasteiger partial charge in [0, 0.05) is 0 Å². The molecule has 0 aliphatic carbocycles. The van der Waals surface area contributed by atoms with E-state index in [0.717, 1.165) is 26.8 Å². The van der Waals surface area contributed by atoms with E-state index in [0.29, 0.717) is 12.4 Å². The predicted molar refractivity (Wildman–Crippen MR) is 132 cm³/mol. The van der Waals surface area contributed by atoms with E-state index in [1.165, 1.54) is 19.2 Å². The smallest absolute Gasteiger partial charge is 0.373 e. The largest absolute Gasteiger partial charge is 0.489 e. The van der Waals surface area contributed by atoms with Crippen molar-refractivity contribution >= 4 is 34.8 Å². The first kappa shape index (κ1) is 22.9. The number of methoxy groups -OCH3 is 1. The van der Waals surface area contributed by atoms with Gasteiger partial charge in [0.25, 0.3) is 5.91 Å². The van der Waals surface area contributed by atoms with Crippen LogP contribution in [0, 0.1) is 0 Å². The number of furan rings is 1. The van der Waals surface area contributed by atoms with E-state index in [-0.39, 0.29) is 23.8 Å². The van der Waals surface area contributed by atoms with Crippen molar-refractivity contribution in [2.75, 3.05) is 7.11 Å². The number of nitrogens with zero attached hydrogens (tertiary/aromatic N) is 1. The number of benzene rings is 3. The van der Waals surface area contributed by atoms with Gasteiger partial charge < -0.3 is 19.2 Å². The topological polar surface area (TPSA) is 98.1 Å². The maximum atomic E-state index is 12.8. The molecule has 1 aromatic heterocycles. The molecule has 1 aliphatic heterocycles. The van der Waals surface area contributed by atoms with Gasteiger partial charge in [-0.05, 0) is 52.2 Å². The second-order valence-corrected chi connectivity index (χ2v) is 8.13. The maximum absolute atomic E-state index is 12.8. The Balaban J connectivity index is 1.24. The van der Waals surface area contributed by atoms with Crippen molar-refractivity contribution in [1.29, 1.82) is 0 Å². The van der Waals surface area contributed by atoms with E-state index in [9.17, 15) is 14.4 Å². The van der Waals surface area contributed by atoms with E-state index >= 15 is 0 Å². The maximum Gasteiger partial charge on any atom is 0.373 e. The van der Waals surface area contributed by atoms with E-state index in [4.69, 9.17) is 9.15 Å². The Bertz CT molecular complexity index is 1480. The van der Waals surface area contributed by atoms with Gasteiger partial charge in [-0.3, -0.25) is 9.69 Å². The number of hydrogen-bond donors (Lipinski definition) is 1. The zero-order chi connectivity index (χ0) is 25.1. The molecule has 36 heavy (non-hydrogen) atoms. The molecule has 0 atom stereocenters. The van der Waals surface area contributed by atoms with Crippen LogP contribution in [0.3, 0.4) is 0 Å². The predicted octanol–water partition coefficient (Wildman–Crippen LogP) is 4.89. The Morgan fingerprint density at radius 2 is 1.75 bits per heavy atom. The summed E-state index contributed by atoms with van der Waals surface area (Å²) in [7, 11) is 1.24. The quantitative estimate of drug-likeness (QED) is 0.229. The summed E-state index contributed by atoms with van der Waals surface area (Å²) in [6, 6.07) is 23.9. The Morgan fingerprint density at radius 1 is 0.972 bits per heavy atom. The van der Waals surface area contributed by atoms with Crippen LogP contribution in [0.2, 0.25) is 0 Å². The van der Waals surface area contributed by atoms with Crippen LogP contribution in [0.4, 0.5) is 4.79 Å². The highest BCUT2D eigenvalue weighted by molar-refractivity contribution is 6.13. The molecule has 5 rings (SSSR count). The Labute approximate surface area is 206 Å². The molecule has 0 saturated carbocycles. The van der Waals surface area contributed by atoms with Crippen molar-refractivity contribution in [3.8, 4) is 5.75 Å². The van der Waals surface area contributed by atoms with Crippen LogP contribution in [-0.4, -0.2) is 29.9 Å². The summed E-state index contributed by atoms with van der Waals surface area (Å²) in [6.07, 6.45) is 1.59. The molecule has 0 spiro atoms. The highest BCUT2D eigenvalue weighted by Crippen LogP contribution is 2.23. The molecular formula is C28H22N2O6. The number of amides is 3. The van der Waals surface area contributed by atoms with Gasteiger partial charge in [0.1, 0.15) is 23.8 Å². The second-order valence-electron chi connectivity index (χ2n) is 8.13. The van der Waals surface area contributed by atoms with Gasteiger partial charge in [-0.25, -0.2) is 9.59 Å². The van der Waals surface area contributed by atoms with Crippen molar-refractivity contribution in [3.05, 3.63) is 107 Å². The molecule has 1 fully saturated rings. The fourth-order valence-corrected chi connectivity index (χ4v) is 3.95. The average molecular weight is 482 g/mol. The van der Waals surface area contributed by atoms with Gasteiger partial charge in [0.15, 0.2) is 0 Å². The first-order chi connectivity index (χ1) is 17.5. The van der Waals surface area contributed by atoms with Crippen molar-refractivity contribution in [2.24, 2.45) is 0 Å². The molecular weight excluding hydrogens is 460 g/mol. The lowest BCUT2D eigenvalue weighted by Crippen LogP contribution is -2.30. The highest BCUT2D eigenvalue weighted by Gasteiger charge is 2.34. The normalized spacial score (nSPS) is 14.4. The molecule has 180 valence electrons. The number of esters is 1. The summed E-state index contributed by atoms with van der Waals surface area (Å²) in [4.78, 5) is 37.7. The number of hydrogen-bond acceptors (Lipinski definition) is 6. The van der Waals surface area contributed by atoms with Crippen molar-refractivity contribution < 1.29 is 28.3 Å². The molecule has 8 heteroatoms. The molecule has 0 bridgehead atoms. The third-order valence-electron chi connectivity index (χ3n) is 5.79. The van der Waals surface area contributed by atoms with Crippen molar-refractivity contribution in [2.45, 2.75) is 13.2 Å². The summed E-state index contributed by atoms with van der Waals surface area (Å²) in [6.45, 7) is 0.315. The van der Waals surface area contributed by atoms with Gasteiger partial charge >= 0.3 is 12.0 Å². The van der Waals surface area contributed by atoms with Crippen molar-refractivity contribution in [3.63, 3.8) is 0 Å². The lowest BCUT2D eigenvalue weighted by Gasteiger charge is -2.09. The summed E-state index contributed by atoms with van der Waals surface area (Å²) in [5.74, 6) is -0.158. The van der Waals surface area contributed by atoms with Crippen LogP contribution in [0.1, 0.15) is 27.4 Å². The van der Waals surface area contributed by atoms with Gasteiger partial charge in [-0.2, -0.15) is 0 Å². The van der Waals surface area contributed by atoms with Crippen molar-refractivity contribution in [1.82, 2.24) is 10.2 Å². The number of ether oxygens (including phenoxy) is 2. The molecule has 3 amide bonds. The Morgan fingerprint density at radius 3 is 2.56 bits per heavy atom. The second kappa shape index (κ2) is 9.79. The first-order valence-electron chi connectivity index (χ1n) is 11.2. The van der Waals surface area contributed by atoms with Crippen LogP contribution in [0.25, 0.3) is 16.8 Å². The summed E-state index contributed by atoms with van der Waals surface area (Å²) in [5, 5.41) is 4.89. The van der Waals surface area contributed by atoms with E-state index < -0.39 is 17.9 Å². The molecule has 1 N–H and O–H groups in total. The third-order valence-corrected chi connectivity index (χ3v) is 5.79. The van der Waals surface area contributed by atoms with E-state index in [1.807, 2.05) is 48.5 Å². The number of rotatable bonds is 7. The molecule has 1 aliphatic rings. The summed E-state index contributed by atoms with van der Waals surface area (Å²) in [5.41, 5.74) is 1.96. The first-order valence-corrected chi connectivity index (χ1v) is 11.2. The van der Waals surface area contributed by atoms with Crippen LogP contribution in [0.5, 0.6) is 5.75 Å². The number of carbonyl (C=O) groups excluding carboxylic acids is 3. The lowest BCUT2D eigenvalue weighted by atomic mass is 10.1. The average Bonchev–Trinajstić information content (AvgIpc) is 3.48. The van der Waals surface area contributed by atoms with Crippen LogP contribution in [0.15, 0.2) is 89.0 Å². The lowest BCUT2D eigenvalue weighted by molar-refractivity contribution is -0.123. The minimum Gasteiger partial charge on any atom is -0.489 e. The SMILES string of the molecule is COC(=O)c1ccc(CN2C(=O)N/C(=C\c3ccc(OCc4cccc5ccccc45)cc3)C2=O)o1. The molecule has 2 heterocycles. The minimum absolute atomic E-state index is 0.00178. The summed E-state index contributed by atoms with van der Waals surface area (Å²) >= 11 is 0. The number of urea groups is 1. The Hall–Kier alpha value is -4.85.